The first kappa shape index (κ1) is 17.1. The molecule has 4 nitrogen and oxygen atoms in total. The van der Waals surface area contributed by atoms with Crippen LogP contribution in [0.25, 0.3) is 10.6 Å². The van der Waals surface area contributed by atoms with Crippen molar-refractivity contribution >= 4 is 17.2 Å². The molecule has 1 aliphatic rings. The minimum Gasteiger partial charge on any atom is -0.348 e. The summed E-state index contributed by atoms with van der Waals surface area (Å²) in [5.74, 6) is 0.476. The molecule has 0 saturated heterocycles. The minimum atomic E-state index is -0.0360. The Morgan fingerprint density at radius 3 is 2.83 bits per heavy atom. The zero-order valence-electron chi connectivity index (χ0n) is 14.1. The first-order chi connectivity index (χ1) is 11.7. The van der Waals surface area contributed by atoms with E-state index in [0.29, 0.717) is 18.0 Å². The summed E-state index contributed by atoms with van der Waals surface area (Å²) in [6, 6.07) is 7.76. The normalized spacial score (nSPS) is 16.8. The van der Waals surface area contributed by atoms with Crippen LogP contribution in [0.5, 0.6) is 0 Å². The number of nitrogens with one attached hydrogen (secondary N) is 1. The van der Waals surface area contributed by atoms with Crippen molar-refractivity contribution in [3.8, 4) is 10.6 Å². The standard InChI is InChI=1S/C19H25N3OS/c1-13-12-24-19(21-13)16-9-5-8-15(10-16)18(23)22-17(11-20)14-6-3-2-4-7-14/h5,8-10,12,14,17H,2-4,6-7,11,20H2,1H3,(H,22,23). The van der Waals surface area contributed by atoms with Crippen LogP contribution in [-0.4, -0.2) is 23.5 Å². The van der Waals surface area contributed by atoms with Crippen LogP contribution >= 0.6 is 11.3 Å². The second kappa shape index (κ2) is 7.90. The van der Waals surface area contributed by atoms with Crippen molar-refractivity contribution in [2.24, 2.45) is 11.7 Å². The second-order valence-electron chi connectivity index (χ2n) is 6.59. The van der Waals surface area contributed by atoms with Crippen LogP contribution < -0.4 is 11.1 Å². The van der Waals surface area contributed by atoms with Gasteiger partial charge in [0.1, 0.15) is 5.01 Å². The molecule has 1 fully saturated rings. The Morgan fingerprint density at radius 2 is 2.17 bits per heavy atom. The van der Waals surface area contributed by atoms with E-state index in [1.165, 1.54) is 32.1 Å². The van der Waals surface area contributed by atoms with Crippen molar-refractivity contribution in [2.45, 2.75) is 45.1 Å². The van der Waals surface area contributed by atoms with E-state index in [0.717, 1.165) is 16.3 Å². The predicted octanol–water partition coefficient (Wildman–Crippen LogP) is 3.76. The van der Waals surface area contributed by atoms with Crippen LogP contribution in [-0.2, 0) is 0 Å². The number of hydrogen-bond donors (Lipinski definition) is 2. The Labute approximate surface area is 147 Å². The van der Waals surface area contributed by atoms with Crippen LogP contribution in [0, 0.1) is 12.8 Å². The van der Waals surface area contributed by atoms with Crippen molar-refractivity contribution in [3.63, 3.8) is 0 Å². The van der Waals surface area contributed by atoms with Gasteiger partial charge in [0.05, 0.1) is 0 Å². The van der Waals surface area contributed by atoms with Gasteiger partial charge in [-0.1, -0.05) is 31.4 Å². The van der Waals surface area contributed by atoms with Crippen molar-refractivity contribution < 1.29 is 4.79 Å². The summed E-state index contributed by atoms with van der Waals surface area (Å²) in [5, 5.41) is 6.13. The van der Waals surface area contributed by atoms with Crippen molar-refractivity contribution in [3.05, 3.63) is 40.9 Å². The van der Waals surface area contributed by atoms with Gasteiger partial charge in [-0.3, -0.25) is 4.79 Å². The second-order valence-corrected chi connectivity index (χ2v) is 7.45. The Morgan fingerprint density at radius 1 is 1.38 bits per heavy atom. The number of thiazole rings is 1. The quantitative estimate of drug-likeness (QED) is 0.868. The fourth-order valence-corrected chi connectivity index (χ4v) is 4.23. The molecule has 0 bridgehead atoms. The third-order valence-electron chi connectivity index (χ3n) is 4.78. The topological polar surface area (TPSA) is 68.0 Å². The van der Waals surface area contributed by atoms with Gasteiger partial charge in [0.15, 0.2) is 0 Å². The summed E-state index contributed by atoms with van der Waals surface area (Å²) in [4.78, 5) is 17.2. The molecular weight excluding hydrogens is 318 g/mol. The zero-order valence-corrected chi connectivity index (χ0v) is 14.9. The van der Waals surface area contributed by atoms with E-state index in [1.54, 1.807) is 11.3 Å². The maximum Gasteiger partial charge on any atom is 0.251 e. The highest BCUT2D eigenvalue weighted by atomic mass is 32.1. The number of nitrogens with zero attached hydrogens (tertiary/aromatic N) is 1. The molecule has 1 amide bonds. The van der Waals surface area contributed by atoms with Gasteiger partial charge < -0.3 is 11.1 Å². The smallest absolute Gasteiger partial charge is 0.251 e. The molecule has 1 aromatic heterocycles. The van der Waals surface area contributed by atoms with Gasteiger partial charge in [-0.2, -0.15) is 0 Å². The summed E-state index contributed by atoms with van der Waals surface area (Å²) in [6.45, 7) is 2.48. The lowest BCUT2D eigenvalue weighted by molar-refractivity contribution is 0.0915. The van der Waals surface area contributed by atoms with Gasteiger partial charge in [0, 0.05) is 34.8 Å². The fourth-order valence-electron chi connectivity index (χ4n) is 3.44. The summed E-state index contributed by atoms with van der Waals surface area (Å²) in [7, 11) is 0. The lowest BCUT2D eigenvalue weighted by atomic mass is 9.84. The maximum atomic E-state index is 12.7. The Hall–Kier alpha value is -1.72. The molecule has 0 aliphatic heterocycles. The van der Waals surface area contributed by atoms with E-state index in [1.807, 2.05) is 36.6 Å². The molecule has 24 heavy (non-hydrogen) atoms. The molecule has 3 N–H and O–H groups in total. The van der Waals surface area contributed by atoms with Crippen molar-refractivity contribution in [2.75, 3.05) is 6.54 Å². The van der Waals surface area contributed by atoms with Crippen LogP contribution in [0.1, 0.15) is 48.2 Å². The molecule has 2 aromatic rings. The summed E-state index contributed by atoms with van der Waals surface area (Å²) >= 11 is 1.60. The van der Waals surface area contributed by atoms with E-state index in [2.05, 4.69) is 10.3 Å². The lowest BCUT2D eigenvalue weighted by Crippen LogP contribution is -2.45. The summed E-state index contributed by atoms with van der Waals surface area (Å²) in [5.41, 5.74) is 8.60. The monoisotopic (exact) mass is 343 g/mol. The third-order valence-corrected chi connectivity index (χ3v) is 5.79. The molecule has 0 radical (unpaired) electrons. The predicted molar refractivity (Wildman–Crippen MR) is 99.2 cm³/mol. The molecule has 1 aromatic carbocycles. The van der Waals surface area contributed by atoms with Gasteiger partial charge >= 0.3 is 0 Å². The lowest BCUT2D eigenvalue weighted by Gasteiger charge is -2.30. The van der Waals surface area contributed by atoms with Crippen LogP contribution in [0.2, 0.25) is 0 Å². The van der Waals surface area contributed by atoms with Crippen molar-refractivity contribution in [1.29, 1.82) is 0 Å². The van der Waals surface area contributed by atoms with Gasteiger partial charge in [0.2, 0.25) is 0 Å². The number of benzene rings is 1. The zero-order chi connectivity index (χ0) is 16.9. The highest BCUT2D eigenvalue weighted by Gasteiger charge is 2.24. The number of carbonyl (C=O) groups excluding carboxylic acids is 1. The number of amides is 1. The molecule has 1 unspecified atom stereocenters. The first-order valence-electron chi connectivity index (χ1n) is 8.71. The maximum absolute atomic E-state index is 12.7. The van der Waals surface area contributed by atoms with Crippen LogP contribution in [0.4, 0.5) is 0 Å². The fraction of sp³-hybridized carbons (Fsp3) is 0.474. The van der Waals surface area contributed by atoms with Crippen LogP contribution in [0.3, 0.4) is 0 Å². The van der Waals surface area contributed by atoms with Crippen molar-refractivity contribution in [1.82, 2.24) is 10.3 Å². The molecule has 1 aliphatic carbocycles. The number of hydrogen-bond acceptors (Lipinski definition) is 4. The van der Waals surface area contributed by atoms with E-state index >= 15 is 0 Å². The SMILES string of the molecule is Cc1csc(-c2cccc(C(=O)NC(CN)C3CCCCC3)c2)n1. The highest BCUT2D eigenvalue weighted by molar-refractivity contribution is 7.13. The minimum absolute atomic E-state index is 0.0360. The Bertz CT molecular complexity index is 691. The van der Waals surface area contributed by atoms with Crippen LogP contribution in [0.15, 0.2) is 29.6 Å². The van der Waals surface area contributed by atoms with E-state index < -0.39 is 0 Å². The first-order valence-corrected chi connectivity index (χ1v) is 9.59. The summed E-state index contributed by atoms with van der Waals surface area (Å²) in [6.07, 6.45) is 6.13. The molecule has 3 rings (SSSR count). The number of aromatic nitrogens is 1. The highest BCUT2D eigenvalue weighted by Crippen LogP contribution is 2.27. The molecule has 0 spiro atoms. The number of rotatable bonds is 5. The number of nitrogens with two attached hydrogens (primary N) is 1. The van der Waals surface area contributed by atoms with E-state index in [9.17, 15) is 4.79 Å². The Balaban J connectivity index is 1.72. The molecule has 128 valence electrons. The molecule has 1 saturated carbocycles. The molecule has 1 atom stereocenters. The number of carbonyl (C=O) groups is 1. The van der Waals surface area contributed by atoms with Gasteiger partial charge in [-0.15, -0.1) is 11.3 Å². The average molecular weight is 343 g/mol. The van der Waals surface area contributed by atoms with Gasteiger partial charge in [-0.25, -0.2) is 4.98 Å². The average Bonchev–Trinajstić information content (AvgIpc) is 3.07. The van der Waals surface area contributed by atoms with E-state index in [4.69, 9.17) is 5.73 Å². The van der Waals surface area contributed by atoms with Gasteiger partial charge in [0.25, 0.3) is 5.91 Å². The number of aryl methyl sites for hydroxylation is 1. The van der Waals surface area contributed by atoms with Gasteiger partial charge in [-0.05, 0) is 37.8 Å². The molecular formula is C19H25N3OS. The Kier molecular flexibility index (Phi) is 5.63. The molecule has 1 heterocycles. The summed E-state index contributed by atoms with van der Waals surface area (Å²) < 4.78 is 0. The largest absolute Gasteiger partial charge is 0.348 e. The third kappa shape index (κ3) is 4.02. The molecule has 5 heteroatoms. The van der Waals surface area contributed by atoms with E-state index in [-0.39, 0.29) is 11.9 Å².